The Balaban J connectivity index is 2.30. The van der Waals surface area contributed by atoms with E-state index in [9.17, 15) is 24.0 Å². The number of ether oxygens (including phenoxy) is 4. The van der Waals surface area contributed by atoms with E-state index in [4.69, 9.17) is 18.9 Å². The second-order valence-corrected chi connectivity index (χ2v) is 7.04. The number of imide groups is 1. The highest BCUT2D eigenvalue weighted by molar-refractivity contribution is 9.10. The van der Waals surface area contributed by atoms with Gasteiger partial charge in [-0.1, -0.05) is 15.9 Å². The van der Waals surface area contributed by atoms with Crippen LogP contribution in [-0.4, -0.2) is 77.3 Å². The van der Waals surface area contributed by atoms with E-state index in [1.165, 1.54) is 6.92 Å². The van der Waals surface area contributed by atoms with Crippen LogP contribution in [0, 0.1) is 0 Å². The minimum atomic E-state index is -1.18. The molecule has 0 aromatic rings. The average molecular weight is 451 g/mol. The minimum absolute atomic E-state index is 0.0693. The summed E-state index contributed by atoms with van der Waals surface area (Å²) in [4.78, 5) is 58.4. The van der Waals surface area contributed by atoms with Crippen LogP contribution in [0.2, 0.25) is 0 Å². The molecular formula is C15H19BrN2O9. The quantitative estimate of drug-likeness (QED) is 0.332. The van der Waals surface area contributed by atoms with E-state index in [1.807, 2.05) is 0 Å². The second-order valence-electron chi connectivity index (χ2n) is 5.93. The van der Waals surface area contributed by atoms with Gasteiger partial charge in [0.25, 0.3) is 0 Å². The summed E-state index contributed by atoms with van der Waals surface area (Å²) in [6, 6.07) is -0.757. The summed E-state index contributed by atoms with van der Waals surface area (Å²) in [5.74, 6) is -2.48. The molecule has 1 N–H and O–H groups in total. The van der Waals surface area contributed by atoms with Gasteiger partial charge in [0.05, 0.1) is 0 Å². The molecule has 2 fully saturated rings. The van der Waals surface area contributed by atoms with Crippen LogP contribution in [0.3, 0.4) is 0 Å². The molecule has 2 rings (SSSR count). The molecule has 0 aromatic heterocycles. The Labute approximate surface area is 162 Å². The molecule has 0 aliphatic carbocycles. The number of rotatable bonds is 5. The van der Waals surface area contributed by atoms with Crippen molar-refractivity contribution >= 4 is 45.8 Å². The molecule has 0 bridgehead atoms. The van der Waals surface area contributed by atoms with Crippen molar-refractivity contribution in [2.24, 2.45) is 0 Å². The number of hydrogen-bond donors (Lipinski definition) is 1. The zero-order chi connectivity index (χ0) is 20.3. The first-order valence-corrected chi connectivity index (χ1v) is 8.90. The van der Waals surface area contributed by atoms with Crippen molar-refractivity contribution in [2.75, 3.05) is 13.2 Å². The largest absolute Gasteiger partial charge is 0.463 e. The average Bonchev–Trinajstić information content (AvgIpc) is 2.85. The number of halogens is 1. The summed E-state index contributed by atoms with van der Waals surface area (Å²) in [6.07, 6.45) is -4.43. The highest BCUT2D eigenvalue weighted by atomic mass is 79.9. The van der Waals surface area contributed by atoms with Crippen LogP contribution in [0.25, 0.3) is 0 Å². The third kappa shape index (κ3) is 5.16. The maximum atomic E-state index is 12.2. The summed E-state index contributed by atoms with van der Waals surface area (Å²) in [7, 11) is 0. The van der Waals surface area contributed by atoms with Crippen LogP contribution >= 0.6 is 15.9 Å². The van der Waals surface area contributed by atoms with Gasteiger partial charge in [-0.15, -0.1) is 0 Å². The highest BCUT2D eigenvalue weighted by Crippen LogP contribution is 2.31. The van der Waals surface area contributed by atoms with Gasteiger partial charge in [-0.05, 0) is 0 Å². The molecule has 0 aromatic carbocycles. The van der Waals surface area contributed by atoms with Gasteiger partial charge in [0, 0.05) is 27.3 Å². The molecule has 2 aliphatic rings. The van der Waals surface area contributed by atoms with Crippen molar-refractivity contribution in [2.45, 2.75) is 50.1 Å². The zero-order valence-corrected chi connectivity index (χ0v) is 16.4. The SMILES string of the molecule is CC(=O)OC[C@H]1O[C@@H](N2CC(Br)C(=O)NC2=O)[C@H](OC(C)=O)[C@@H]1OC(C)=O. The molecular weight excluding hydrogens is 432 g/mol. The van der Waals surface area contributed by atoms with Gasteiger partial charge in [-0.25, -0.2) is 4.79 Å². The van der Waals surface area contributed by atoms with Gasteiger partial charge >= 0.3 is 23.9 Å². The zero-order valence-electron chi connectivity index (χ0n) is 14.8. The summed E-state index contributed by atoms with van der Waals surface area (Å²) >= 11 is 3.14. The molecule has 5 atom stereocenters. The van der Waals surface area contributed by atoms with E-state index in [2.05, 4.69) is 21.2 Å². The van der Waals surface area contributed by atoms with Gasteiger partial charge in [0.15, 0.2) is 18.4 Å². The lowest BCUT2D eigenvalue weighted by Gasteiger charge is -2.35. The Kier molecular flexibility index (Phi) is 6.76. The summed E-state index contributed by atoms with van der Waals surface area (Å²) < 4.78 is 21.1. The number of amides is 3. The maximum Gasteiger partial charge on any atom is 0.326 e. The molecule has 0 radical (unpaired) electrons. The first-order chi connectivity index (χ1) is 12.6. The monoisotopic (exact) mass is 450 g/mol. The van der Waals surface area contributed by atoms with Crippen LogP contribution < -0.4 is 5.32 Å². The van der Waals surface area contributed by atoms with Gasteiger partial charge in [-0.2, -0.15) is 0 Å². The number of alkyl halides is 1. The topological polar surface area (TPSA) is 138 Å². The molecule has 27 heavy (non-hydrogen) atoms. The summed E-state index contributed by atoms with van der Waals surface area (Å²) in [6.45, 7) is 3.14. The molecule has 150 valence electrons. The molecule has 3 amide bonds. The fourth-order valence-corrected chi connectivity index (χ4v) is 3.18. The van der Waals surface area contributed by atoms with Gasteiger partial charge in [0.1, 0.15) is 17.5 Å². The number of carbonyl (C=O) groups excluding carboxylic acids is 5. The van der Waals surface area contributed by atoms with E-state index in [-0.39, 0.29) is 13.2 Å². The Bertz CT molecular complexity index is 655. The van der Waals surface area contributed by atoms with Crippen molar-refractivity contribution < 1.29 is 42.9 Å². The summed E-state index contributed by atoms with van der Waals surface area (Å²) in [5.41, 5.74) is 0. The van der Waals surface area contributed by atoms with E-state index >= 15 is 0 Å². The second kappa shape index (κ2) is 8.65. The molecule has 12 heteroatoms. The van der Waals surface area contributed by atoms with E-state index in [0.29, 0.717) is 0 Å². The summed E-state index contributed by atoms with van der Waals surface area (Å²) in [5, 5.41) is 2.14. The van der Waals surface area contributed by atoms with Crippen LogP contribution in [0.1, 0.15) is 20.8 Å². The highest BCUT2D eigenvalue weighted by Gasteiger charge is 2.54. The van der Waals surface area contributed by atoms with Gasteiger partial charge in [0.2, 0.25) is 5.91 Å². The first-order valence-electron chi connectivity index (χ1n) is 7.99. The predicted octanol–water partition coefficient (Wildman–Crippen LogP) is -0.547. The van der Waals surface area contributed by atoms with E-state index in [0.717, 1.165) is 18.7 Å². The smallest absolute Gasteiger partial charge is 0.326 e. The standard InChI is InChI=1S/C15H19BrN2O9/c1-6(19)24-5-10-11(25-7(2)20)12(26-8(3)21)14(27-10)18-4-9(16)13(22)17-15(18)23/h9-12,14H,4-5H2,1-3H3,(H,17,22,23)/t9?,10-,11-,12-,14-/m1/s1. The molecule has 0 spiro atoms. The normalized spacial score (nSPS) is 30.5. The third-order valence-corrected chi connectivity index (χ3v) is 4.49. The van der Waals surface area contributed by atoms with Crippen molar-refractivity contribution in [1.29, 1.82) is 0 Å². The number of esters is 3. The maximum absolute atomic E-state index is 12.2. The van der Waals surface area contributed by atoms with Crippen LogP contribution in [-0.2, 0) is 38.1 Å². The van der Waals surface area contributed by atoms with Crippen LogP contribution in [0.5, 0.6) is 0 Å². The lowest BCUT2D eigenvalue weighted by molar-refractivity contribution is -0.167. The third-order valence-electron chi connectivity index (χ3n) is 3.78. The van der Waals surface area contributed by atoms with Crippen molar-refractivity contribution in [1.82, 2.24) is 10.2 Å². The Morgan fingerprint density at radius 3 is 2.26 bits per heavy atom. The molecule has 2 heterocycles. The molecule has 11 nitrogen and oxygen atoms in total. The number of urea groups is 1. The van der Waals surface area contributed by atoms with Crippen LogP contribution in [0.4, 0.5) is 4.79 Å². The van der Waals surface area contributed by atoms with E-state index in [1.54, 1.807) is 0 Å². The molecule has 1 unspecified atom stereocenters. The lowest BCUT2D eigenvalue weighted by atomic mass is 10.1. The van der Waals surface area contributed by atoms with Crippen molar-refractivity contribution in [3.63, 3.8) is 0 Å². The van der Waals surface area contributed by atoms with Crippen molar-refractivity contribution in [3.05, 3.63) is 0 Å². The predicted molar refractivity (Wildman–Crippen MR) is 89.4 cm³/mol. The van der Waals surface area contributed by atoms with E-state index < -0.39 is 59.2 Å². The minimum Gasteiger partial charge on any atom is -0.463 e. The Morgan fingerprint density at radius 2 is 1.70 bits per heavy atom. The van der Waals surface area contributed by atoms with Gasteiger partial charge < -0.3 is 18.9 Å². The number of nitrogens with zero attached hydrogens (tertiary/aromatic N) is 1. The fourth-order valence-electron chi connectivity index (χ4n) is 2.76. The molecule has 2 saturated heterocycles. The Hall–Kier alpha value is -2.21. The first kappa shape index (κ1) is 21.1. The van der Waals surface area contributed by atoms with Crippen LogP contribution in [0.15, 0.2) is 0 Å². The lowest BCUT2D eigenvalue weighted by Crippen LogP contribution is -2.61. The number of carbonyl (C=O) groups is 5. The Morgan fingerprint density at radius 1 is 1.11 bits per heavy atom. The van der Waals surface area contributed by atoms with Gasteiger partial charge in [-0.3, -0.25) is 29.4 Å². The number of hydrogen-bond acceptors (Lipinski definition) is 9. The number of nitrogens with one attached hydrogen (secondary N) is 1. The molecule has 2 aliphatic heterocycles. The molecule has 0 saturated carbocycles. The van der Waals surface area contributed by atoms with Crippen molar-refractivity contribution in [3.8, 4) is 0 Å². The fraction of sp³-hybridized carbons (Fsp3) is 0.667.